The first kappa shape index (κ1) is 14.5. The molecule has 0 aromatic heterocycles. The first-order valence-corrected chi connectivity index (χ1v) is 6.64. The largest absolute Gasteiger partial charge is 0.321 e. The Morgan fingerprint density at radius 3 is 2.65 bits per heavy atom. The van der Waals surface area contributed by atoms with E-state index in [4.69, 9.17) is 16.9 Å². The van der Waals surface area contributed by atoms with Gasteiger partial charge < -0.3 is 5.32 Å². The fourth-order valence-corrected chi connectivity index (χ4v) is 1.99. The Labute approximate surface area is 128 Å². The van der Waals surface area contributed by atoms with Crippen molar-refractivity contribution in [2.45, 2.75) is 0 Å². The van der Waals surface area contributed by atoms with Crippen LogP contribution in [0.4, 0.5) is 10.1 Å². The standard InChI is InChI=1S/C14H7BrClFN2O/c15-10-3-2-9(6-12(10)17)14(20)19-13-4-1-8(7-18)5-11(13)16/h1-6H,(H,19,20). The van der Waals surface area contributed by atoms with E-state index in [0.29, 0.717) is 11.3 Å². The van der Waals surface area contributed by atoms with Crippen LogP contribution in [0.15, 0.2) is 40.9 Å². The number of carbonyl (C=O) groups is 1. The first-order chi connectivity index (χ1) is 9.51. The van der Waals surface area contributed by atoms with E-state index in [9.17, 15) is 9.18 Å². The van der Waals surface area contributed by atoms with Crippen molar-refractivity contribution in [2.24, 2.45) is 0 Å². The molecule has 100 valence electrons. The quantitative estimate of drug-likeness (QED) is 0.872. The lowest BCUT2D eigenvalue weighted by Crippen LogP contribution is -2.12. The predicted octanol–water partition coefficient (Wildman–Crippen LogP) is 4.37. The molecule has 0 saturated carbocycles. The topological polar surface area (TPSA) is 52.9 Å². The highest BCUT2D eigenvalue weighted by Crippen LogP contribution is 2.24. The number of hydrogen-bond donors (Lipinski definition) is 1. The molecule has 0 radical (unpaired) electrons. The van der Waals surface area contributed by atoms with Gasteiger partial charge in [-0.15, -0.1) is 0 Å². The van der Waals surface area contributed by atoms with Crippen LogP contribution in [0, 0.1) is 17.1 Å². The van der Waals surface area contributed by atoms with Crippen molar-refractivity contribution in [3.63, 3.8) is 0 Å². The van der Waals surface area contributed by atoms with Crippen molar-refractivity contribution in [3.05, 3.63) is 62.8 Å². The third-order valence-electron chi connectivity index (χ3n) is 2.53. The molecule has 0 atom stereocenters. The van der Waals surface area contributed by atoms with Gasteiger partial charge in [0.15, 0.2) is 0 Å². The van der Waals surface area contributed by atoms with Crippen molar-refractivity contribution in [1.82, 2.24) is 0 Å². The summed E-state index contributed by atoms with van der Waals surface area (Å²) < 4.78 is 13.7. The van der Waals surface area contributed by atoms with Gasteiger partial charge in [-0.3, -0.25) is 4.79 Å². The number of benzene rings is 2. The minimum Gasteiger partial charge on any atom is -0.321 e. The minimum atomic E-state index is -0.524. The predicted molar refractivity (Wildman–Crippen MR) is 78.2 cm³/mol. The molecule has 0 aliphatic carbocycles. The number of nitrogens with one attached hydrogen (secondary N) is 1. The van der Waals surface area contributed by atoms with Gasteiger partial charge in [0.1, 0.15) is 5.82 Å². The average molecular weight is 354 g/mol. The van der Waals surface area contributed by atoms with Crippen LogP contribution in [0.5, 0.6) is 0 Å². The smallest absolute Gasteiger partial charge is 0.255 e. The normalized spacial score (nSPS) is 9.90. The van der Waals surface area contributed by atoms with Crippen LogP contribution < -0.4 is 5.32 Å². The van der Waals surface area contributed by atoms with Crippen LogP contribution in [0.3, 0.4) is 0 Å². The van der Waals surface area contributed by atoms with Crippen LogP contribution in [0.1, 0.15) is 15.9 Å². The van der Waals surface area contributed by atoms with E-state index >= 15 is 0 Å². The lowest BCUT2D eigenvalue weighted by Gasteiger charge is -2.08. The van der Waals surface area contributed by atoms with E-state index in [0.717, 1.165) is 6.07 Å². The Balaban J connectivity index is 2.23. The molecule has 0 unspecified atom stereocenters. The molecule has 0 heterocycles. The van der Waals surface area contributed by atoms with Gasteiger partial charge in [0.05, 0.1) is 26.8 Å². The summed E-state index contributed by atoms with van der Waals surface area (Å²) in [5.74, 6) is -1.01. The van der Waals surface area contributed by atoms with Crippen molar-refractivity contribution in [3.8, 4) is 6.07 Å². The van der Waals surface area contributed by atoms with Gasteiger partial charge in [-0.1, -0.05) is 11.6 Å². The highest BCUT2D eigenvalue weighted by Gasteiger charge is 2.11. The molecule has 6 heteroatoms. The van der Waals surface area contributed by atoms with Crippen molar-refractivity contribution in [1.29, 1.82) is 5.26 Å². The van der Waals surface area contributed by atoms with Crippen molar-refractivity contribution in [2.75, 3.05) is 5.32 Å². The van der Waals surface area contributed by atoms with Gasteiger partial charge in [-0.05, 0) is 52.3 Å². The van der Waals surface area contributed by atoms with Gasteiger partial charge >= 0.3 is 0 Å². The zero-order valence-corrected chi connectivity index (χ0v) is 12.3. The summed E-state index contributed by atoms with van der Waals surface area (Å²) in [6.07, 6.45) is 0. The minimum absolute atomic E-state index is 0.172. The Morgan fingerprint density at radius 1 is 1.30 bits per heavy atom. The summed E-state index contributed by atoms with van der Waals surface area (Å²) in [7, 11) is 0. The second kappa shape index (κ2) is 6.04. The number of hydrogen-bond acceptors (Lipinski definition) is 2. The Kier molecular flexibility index (Phi) is 4.38. The van der Waals surface area contributed by atoms with Crippen LogP contribution in [-0.4, -0.2) is 5.91 Å². The van der Waals surface area contributed by atoms with E-state index in [1.807, 2.05) is 6.07 Å². The molecule has 20 heavy (non-hydrogen) atoms. The molecule has 0 spiro atoms. The Bertz CT molecular complexity index is 728. The number of anilines is 1. The van der Waals surface area contributed by atoms with Crippen molar-refractivity contribution < 1.29 is 9.18 Å². The van der Waals surface area contributed by atoms with Gasteiger partial charge in [0, 0.05) is 5.56 Å². The molecule has 1 N–H and O–H groups in total. The average Bonchev–Trinajstić information content (AvgIpc) is 2.43. The SMILES string of the molecule is N#Cc1ccc(NC(=O)c2ccc(Br)c(F)c2)c(Cl)c1. The van der Waals surface area contributed by atoms with E-state index in [-0.39, 0.29) is 15.1 Å². The van der Waals surface area contributed by atoms with Crippen LogP contribution >= 0.6 is 27.5 Å². The van der Waals surface area contributed by atoms with Gasteiger partial charge in [-0.25, -0.2) is 4.39 Å². The molecule has 2 aromatic carbocycles. The molecule has 0 aliphatic heterocycles. The highest BCUT2D eigenvalue weighted by atomic mass is 79.9. The second-order valence-electron chi connectivity index (χ2n) is 3.89. The van der Waals surface area contributed by atoms with Gasteiger partial charge in [0.25, 0.3) is 5.91 Å². The molecule has 0 fully saturated rings. The zero-order valence-electron chi connectivity index (χ0n) is 9.95. The maximum Gasteiger partial charge on any atom is 0.255 e. The van der Waals surface area contributed by atoms with E-state index in [1.54, 1.807) is 0 Å². The fraction of sp³-hybridized carbons (Fsp3) is 0. The summed E-state index contributed by atoms with van der Waals surface area (Å²) in [6.45, 7) is 0. The Hall–Kier alpha value is -1.90. The summed E-state index contributed by atoms with van der Waals surface area (Å²) >= 11 is 8.96. The molecular formula is C14H7BrClFN2O. The lowest BCUT2D eigenvalue weighted by atomic mass is 10.2. The monoisotopic (exact) mass is 352 g/mol. The maximum absolute atomic E-state index is 13.4. The Morgan fingerprint density at radius 2 is 2.05 bits per heavy atom. The third kappa shape index (κ3) is 3.16. The zero-order chi connectivity index (χ0) is 14.7. The van der Waals surface area contributed by atoms with Gasteiger partial charge in [0.2, 0.25) is 0 Å². The number of carbonyl (C=O) groups excluding carboxylic acids is 1. The van der Waals surface area contributed by atoms with E-state index in [1.165, 1.54) is 30.3 Å². The highest BCUT2D eigenvalue weighted by molar-refractivity contribution is 9.10. The van der Waals surface area contributed by atoms with Crippen LogP contribution in [-0.2, 0) is 0 Å². The number of amides is 1. The molecule has 0 aliphatic rings. The summed E-state index contributed by atoms with van der Waals surface area (Å²) in [5, 5.41) is 11.5. The van der Waals surface area contributed by atoms with Gasteiger partial charge in [-0.2, -0.15) is 5.26 Å². The molecule has 1 amide bonds. The number of halogens is 3. The lowest BCUT2D eigenvalue weighted by molar-refractivity contribution is 0.102. The second-order valence-corrected chi connectivity index (χ2v) is 5.15. The van der Waals surface area contributed by atoms with E-state index < -0.39 is 11.7 Å². The van der Waals surface area contributed by atoms with Crippen LogP contribution in [0.25, 0.3) is 0 Å². The summed E-state index contributed by atoms with van der Waals surface area (Å²) in [5.41, 5.74) is 0.924. The number of nitriles is 1. The van der Waals surface area contributed by atoms with E-state index in [2.05, 4.69) is 21.2 Å². The summed E-state index contributed by atoms with van der Waals surface area (Å²) in [4.78, 5) is 12.0. The van der Waals surface area contributed by atoms with Crippen molar-refractivity contribution >= 4 is 39.1 Å². The fourth-order valence-electron chi connectivity index (χ4n) is 1.52. The molecule has 0 saturated heterocycles. The maximum atomic E-state index is 13.4. The number of nitrogens with zero attached hydrogens (tertiary/aromatic N) is 1. The molecule has 2 aromatic rings. The molecular weight excluding hydrogens is 347 g/mol. The summed E-state index contributed by atoms with van der Waals surface area (Å²) in [6, 6.07) is 10.5. The van der Waals surface area contributed by atoms with Crippen LogP contribution in [0.2, 0.25) is 5.02 Å². The number of rotatable bonds is 2. The first-order valence-electron chi connectivity index (χ1n) is 5.47. The molecule has 0 bridgehead atoms. The molecule has 3 nitrogen and oxygen atoms in total. The third-order valence-corrected chi connectivity index (χ3v) is 3.48. The molecule has 2 rings (SSSR count).